The van der Waals surface area contributed by atoms with E-state index in [1.165, 1.54) is 0 Å². The Morgan fingerprint density at radius 1 is 1.00 bits per heavy atom. The molecule has 0 aromatic heterocycles. The molecule has 98 valence electrons. The van der Waals surface area contributed by atoms with Gasteiger partial charge >= 0.3 is 7.12 Å². The van der Waals surface area contributed by atoms with Crippen molar-refractivity contribution in [1.29, 1.82) is 0 Å². The van der Waals surface area contributed by atoms with Gasteiger partial charge in [-0.05, 0) is 39.0 Å². The van der Waals surface area contributed by atoms with E-state index in [1.807, 2.05) is 34.6 Å². The maximum Gasteiger partial charge on any atom is 0.462 e. The van der Waals surface area contributed by atoms with Crippen molar-refractivity contribution in [2.45, 2.75) is 51.6 Å². The molecule has 2 rings (SSSR count). The summed E-state index contributed by atoms with van der Waals surface area (Å²) in [5.74, 6) is 0.153. The maximum absolute atomic E-state index is 9.44. The first-order valence-corrected chi connectivity index (χ1v) is 6.27. The van der Waals surface area contributed by atoms with Crippen molar-refractivity contribution in [2.75, 3.05) is 13.2 Å². The molecule has 0 aromatic rings. The van der Waals surface area contributed by atoms with Crippen LogP contribution >= 0.6 is 0 Å². The molecule has 1 unspecified atom stereocenters. The molecule has 2 aliphatic rings. The van der Waals surface area contributed by atoms with Crippen LogP contribution in [0.4, 0.5) is 0 Å². The van der Waals surface area contributed by atoms with E-state index in [-0.39, 0.29) is 48.7 Å². The monoisotopic (exact) mass is 242 g/mol. The van der Waals surface area contributed by atoms with Crippen molar-refractivity contribution in [3.63, 3.8) is 0 Å². The SMILES string of the molecule is CC1(C)OB(C2[C@@H](CO)[C@@]2(C)CO)OC1(C)C. The first-order valence-electron chi connectivity index (χ1n) is 6.27. The minimum atomic E-state index is -0.351. The third kappa shape index (κ3) is 1.75. The molecule has 4 nitrogen and oxygen atoms in total. The lowest BCUT2D eigenvalue weighted by atomic mass is 9.77. The average molecular weight is 242 g/mol. The number of hydrogen-bond acceptors (Lipinski definition) is 4. The highest BCUT2D eigenvalue weighted by Crippen LogP contribution is 2.66. The van der Waals surface area contributed by atoms with E-state index < -0.39 is 0 Å². The number of hydrogen-bond donors (Lipinski definition) is 2. The average Bonchev–Trinajstić information content (AvgIpc) is 2.75. The Kier molecular flexibility index (Phi) is 2.90. The van der Waals surface area contributed by atoms with Crippen LogP contribution in [0.1, 0.15) is 34.6 Å². The highest BCUT2D eigenvalue weighted by molar-refractivity contribution is 6.49. The Labute approximate surface area is 103 Å². The van der Waals surface area contributed by atoms with Crippen LogP contribution in [0.15, 0.2) is 0 Å². The smallest absolute Gasteiger partial charge is 0.403 e. The van der Waals surface area contributed by atoms with Gasteiger partial charge in [0.2, 0.25) is 0 Å². The summed E-state index contributed by atoms with van der Waals surface area (Å²) in [5, 5.41) is 18.8. The molecule has 1 saturated carbocycles. The first kappa shape index (κ1) is 13.3. The Morgan fingerprint density at radius 3 is 1.76 bits per heavy atom. The van der Waals surface area contributed by atoms with Crippen LogP contribution in [-0.4, -0.2) is 41.7 Å². The molecule has 3 atom stereocenters. The van der Waals surface area contributed by atoms with Crippen LogP contribution < -0.4 is 0 Å². The second-order valence-electron chi connectivity index (χ2n) is 6.60. The van der Waals surface area contributed by atoms with Crippen LogP contribution in [0.3, 0.4) is 0 Å². The first-order chi connectivity index (χ1) is 7.69. The normalized spacial score (nSPS) is 42.9. The minimum absolute atomic E-state index is 0.0625. The molecule has 2 N–H and O–H groups in total. The van der Waals surface area contributed by atoms with Crippen molar-refractivity contribution in [1.82, 2.24) is 0 Å². The minimum Gasteiger partial charge on any atom is -0.403 e. The zero-order chi connectivity index (χ0) is 13.1. The molecule has 5 heteroatoms. The van der Waals surface area contributed by atoms with E-state index in [0.717, 1.165) is 0 Å². The van der Waals surface area contributed by atoms with Crippen LogP contribution in [0, 0.1) is 11.3 Å². The van der Waals surface area contributed by atoms with Crippen molar-refractivity contribution in [3.8, 4) is 0 Å². The molecule has 0 bridgehead atoms. The molecule has 0 spiro atoms. The predicted molar refractivity (Wildman–Crippen MR) is 65.6 cm³/mol. The molecular formula is C12H23BO4. The quantitative estimate of drug-likeness (QED) is 0.727. The Morgan fingerprint density at radius 2 is 1.47 bits per heavy atom. The van der Waals surface area contributed by atoms with Gasteiger partial charge in [-0.15, -0.1) is 0 Å². The third-order valence-electron chi connectivity index (χ3n) is 5.03. The summed E-state index contributed by atoms with van der Waals surface area (Å²) in [6, 6.07) is 0. The van der Waals surface area contributed by atoms with E-state index in [2.05, 4.69) is 0 Å². The van der Waals surface area contributed by atoms with Crippen LogP contribution in [0.25, 0.3) is 0 Å². The second-order valence-corrected chi connectivity index (χ2v) is 6.60. The summed E-state index contributed by atoms with van der Waals surface area (Å²) < 4.78 is 11.9. The third-order valence-corrected chi connectivity index (χ3v) is 5.03. The summed E-state index contributed by atoms with van der Waals surface area (Å²) in [6.45, 7) is 10.2. The molecule has 0 radical (unpaired) electrons. The Balaban J connectivity index is 2.13. The lowest BCUT2D eigenvalue weighted by molar-refractivity contribution is 0.00578. The number of aliphatic hydroxyl groups is 2. The highest BCUT2D eigenvalue weighted by atomic mass is 16.7. The molecule has 0 amide bonds. The van der Waals surface area contributed by atoms with E-state index in [4.69, 9.17) is 9.31 Å². The zero-order valence-electron chi connectivity index (χ0n) is 11.4. The summed E-state index contributed by atoms with van der Waals surface area (Å²) in [5.41, 5.74) is -0.969. The molecule has 2 fully saturated rings. The lowest BCUT2D eigenvalue weighted by Crippen LogP contribution is -2.41. The van der Waals surface area contributed by atoms with Gasteiger partial charge in [0.05, 0.1) is 11.2 Å². The molecule has 1 saturated heterocycles. The van der Waals surface area contributed by atoms with E-state index in [0.29, 0.717) is 0 Å². The summed E-state index contributed by atoms with van der Waals surface area (Å²) in [7, 11) is -0.325. The molecule has 0 aromatic carbocycles. The molecule has 17 heavy (non-hydrogen) atoms. The van der Waals surface area contributed by atoms with Crippen LogP contribution in [0.5, 0.6) is 0 Å². The molecule has 1 aliphatic carbocycles. The lowest BCUT2D eigenvalue weighted by Gasteiger charge is -2.32. The fraction of sp³-hybridized carbons (Fsp3) is 1.00. The highest BCUT2D eigenvalue weighted by Gasteiger charge is 2.70. The topological polar surface area (TPSA) is 58.9 Å². The van der Waals surface area contributed by atoms with Crippen molar-refractivity contribution in [2.24, 2.45) is 11.3 Å². The van der Waals surface area contributed by atoms with Crippen molar-refractivity contribution in [3.05, 3.63) is 0 Å². The standard InChI is InChI=1S/C12H23BO4/c1-10(2)11(3,4)17-13(16-10)9-8(6-14)12(9,5)7-15/h8-9,14-15H,6-7H2,1-5H3/t8-,9?,12-/m1/s1. The van der Waals surface area contributed by atoms with Gasteiger partial charge in [-0.2, -0.15) is 0 Å². The van der Waals surface area contributed by atoms with Gasteiger partial charge in [0, 0.05) is 19.0 Å². The Bertz CT molecular complexity index is 302. The van der Waals surface area contributed by atoms with E-state index in [1.54, 1.807) is 0 Å². The van der Waals surface area contributed by atoms with E-state index >= 15 is 0 Å². The van der Waals surface area contributed by atoms with Gasteiger partial charge in [-0.1, -0.05) is 6.92 Å². The second kappa shape index (κ2) is 3.70. The number of rotatable bonds is 3. The van der Waals surface area contributed by atoms with E-state index in [9.17, 15) is 10.2 Å². The van der Waals surface area contributed by atoms with Crippen LogP contribution in [-0.2, 0) is 9.31 Å². The molecule has 1 heterocycles. The predicted octanol–water partition coefficient (Wildman–Crippen LogP) is 1.07. The summed E-state index contributed by atoms with van der Waals surface area (Å²) in [6.07, 6.45) is 0. The maximum atomic E-state index is 9.44. The van der Waals surface area contributed by atoms with Crippen molar-refractivity contribution < 1.29 is 19.5 Å². The van der Waals surface area contributed by atoms with Gasteiger partial charge in [0.1, 0.15) is 0 Å². The summed E-state index contributed by atoms with van der Waals surface area (Å²) in [4.78, 5) is 0. The van der Waals surface area contributed by atoms with Gasteiger partial charge in [0.25, 0.3) is 0 Å². The Hall–Kier alpha value is -0.0951. The number of aliphatic hydroxyl groups excluding tert-OH is 2. The largest absolute Gasteiger partial charge is 0.462 e. The van der Waals surface area contributed by atoms with Gasteiger partial charge in [-0.3, -0.25) is 0 Å². The van der Waals surface area contributed by atoms with Crippen molar-refractivity contribution >= 4 is 7.12 Å². The van der Waals surface area contributed by atoms with Gasteiger partial charge in [-0.25, -0.2) is 0 Å². The zero-order valence-corrected chi connectivity index (χ0v) is 11.4. The van der Waals surface area contributed by atoms with Gasteiger partial charge < -0.3 is 19.5 Å². The fourth-order valence-electron chi connectivity index (χ4n) is 2.78. The molecule has 1 aliphatic heterocycles. The molecular weight excluding hydrogens is 219 g/mol. The van der Waals surface area contributed by atoms with Crippen LogP contribution in [0.2, 0.25) is 5.82 Å². The van der Waals surface area contributed by atoms with Gasteiger partial charge in [0.15, 0.2) is 0 Å². The fourth-order valence-corrected chi connectivity index (χ4v) is 2.78. The summed E-state index contributed by atoms with van der Waals surface area (Å²) >= 11 is 0.